The lowest BCUT2D eigenvalue weighted by Crippen LogP contribution is -2.61. The van der Waals surface area contributed by atoms with Crippen molar-refractivity contribution in [1.29, 1.82) is 0 Å². The number of nitrogens with zero attached hydrogens (tertiary/aromatic N) is 2. The summed E-state index contributed by atoms with van der Waals surface area (Å²) in [5, 5.41) is 34.2. The van der Waals surface area contributed by atoms with Crippen LogP contribution in [0.5, 0.6) is 0 Å². The Morgan fingerprint density at radius 3 is 2.09 bits per heavy atom. The van der Waals surface area contributed by atoms with Gasteiger partial charge in [-0.05, 0) is 74.7 Å². The zero-order chi connectivity index (χ0) is 42.2. The van der Waals surface area contributed by atoms with Crippen LogP contribution in [0.15, 0.2) is 4.99 Å². The lowest BCUT2D eigenvalue weighted by atomic mass is 9.74. The Balaban J connectivity index is 1.87. The fourth-order valence-electron chi connectivity index (χ4n) is 9.26. The monoisotopic (exact) mass is 801 g/mol. The molecule has 0 aromatic heterocycles. The molecular weight excluding hydrogens is 728 g/mol. The molecule has 15 nitrogen and oxygen atoms in total. The molecule has 0 spiro atoms. The number of cyclic esters (lactones) is 1. The van der Waals surface area contributed by atoms with E-state index in [0.717, 1.165) is 0 Å². The number of ketones is 1. The second-order valence-electron chi connectivity index (χ2n) is 17.9. The third kappa shape index (κ3) is 9.41. The van der Waals surface area contributed by atoms with Crippen molar-refractivity contribution in [3.63, 3.8) is 0 Å². The molecule has 4 heterocycles. The standard InChI is InChI=1S/C41H72N2O13/c1-16-28-41(12,48)33(45)23(6)30(44)21(4)18-40(11,50-15)35(56-37-32-27(17-22(5)51-37)43(13)38(55-32)42-20(2)3)24(7)31(25(8)36(47)53-28)54-29-19-39(10,49-14)34(46)26(9)52-29/h20-29,31-35,37,45-46,48H,16-19H2,1-15H3/t21-,22-,23+,24+,25-,26+,27+,28-,29+,31+,32-,33-,34+,35-,37-,39-,40-,41-/m1/s1. The van der Waals surface area contributed by atoms with E-state index in [1.54, 1.807) is 48.7 Å². The number of aliphatic imine (C=N–C) groups is 1. The first-order valence-corrected chi connectivity index (χ1v) is 20.5. The van der Waals surface area contributed by atoms with Crippen molar-refractivity contribution in [2.45, 2.75) is 199 Å². The zero-order valence-corrected chi connectivity index (χ0v) is 36.4. The van der Waals surface area contributed by atoms with Crippen molar-refractivity contribution < 1.29 is 62.8 Å². The second kappa shape index (κ2) is 18.1. The van der Waals surface area contributed by atoms with E-state index in [1.165, 1.54) is 14.0 Å². The number of fused-ring (bicyclic) bond motifs is 1. The van der Waals surface area contributed by atoms with Gasteiger partial charge in [-0.15, -0.1) is 0 Å². The summed E-state index contributed by atoms with van der Waals surface area (Å²) in [6.45, 7) is 21.3. The van der Waals surface area contributed by atoms with Crippen LogP contribution in [0, 0.1) is 23.7 Å². The van der Waals surface area contributed by atoms with Crippen molar-refractivity contribution in [2.24, 2.45) is 28.7 Å². The van der Waals surface area contributed by atoms with Gasteiger partial charge in [-0.2, -0.15) is 0 Å². The number of carbonyl (C=O) groups excluding carboxylic acids is 2. The Bertz CT molecular complexity index is 1380. The second-order valence-corrected chi connectivity index (χ2v) is 17.9. The molecule has 0 amide bonds. The molecule has 4 saturated heterocycles. The van der Waals surface area contributed by atoms with Crippen LogP contribution in [0.4, 0.5) is 0 Å². The maximum Gasteiger partial charge on any atom is 0.311 e. The molecule has 0 unspecified atom stereocenters. The molecule has 18 atom stereocenters. The number of rotatable bonds is 8. The number of esters is 1. The summed E-state index contributed by atoms with van der Waals surface area (Å²) < 4.78 is 51.3. The molecule has 15 heteroatoms. The Hall–Kier alpha value is -1.95. The number of likely N-dealkylation sites (N-methyl/N-ethyl adjacent to an activating group) is 1. The van der Waals surface area contributed by atoms with Crippen LogP contribution in [-0.4, -0.2) is 150 Å². The van der Waals surface area contributed by atoms with Crippen LogP contribution >= 0.6 is 0 Å². The molecular formula is C41H72N2O13. The fourth-order valence-corrected chi connectivity index (χ4v) is 9.26. The molecule has 0 aliphatic carbocycles. The van der Waals surface area contributed by atoms with Gasteiger partial charge in [0.1, 0.15) is 23.6 Å². The molecule has 0 saturated carbocycles. The lowest BCUT2D eigenvalue weighted by molar-refractivity contribution is -0.315. The maximum absolute atomic E-state index is 14.3. The quantitative estimate of drug-likeness (QED) is 0.303. The van der Waals surface area contributed by atoms with Gasteiger partial charge in [0.05, 0.1) is 53.7 Å². The Labute approximate surface area is 334 Å². The van der Waals surface area contributed by atoms with Crippen molar-refractivity contribution >= 4 is 17.8 Å². The third-order valence-electron chi connectivity index (χ3n) is 13.0. The highest BCUT2D eigenvalue weighted by atomic mass is 16.7. The van der Waals surface area contributed by atoms with E-state index in [4.69, 9.17) is 42.9 Å². The van der Waals surface area contributed by atoms with Gasteiger partial charge < -0.3 is 58.1 Å². The number of methoxy groups -OCH3 is 2. The maximum atomic E-state index is 14.3. The smallest absolute Gasteiger partial charge is 0.311 e. The molecule has 4 rings (SSSR count). The molecule has 4 aliphatic rings. The van der Waals surface area contributed by atoms with E-state index >= 15 is 0 Å². The van der Waals surface area contributed by atoms with Crippen molar-refractivity contribution in [3.05, 3.63) is 0 Å². The molecule has 4 fully saturated rings. The topological polar surface area (TPSA) is 184 Å². The van der Waals surface area contributed by atoms with Crippen LogP contribution < -0.4 is 0 Å². The van der Waals surface area contributed by atoms with Crippen LogP contribution in [0.3, 0.4) is 0 Å². The first-order valence-electron chi connectivity index (χ1n) is 20.5. The SMILES string of the molecule is CC[C@H]1OC(=O)[C@H](C)[C@@H](O[C@H]2C[C@@](C)(OC)[C@@H](O)[C@H](C)O2)[C@H](C)[C@@H](O[C@H]2O[C@H](C)C[C@H]3[C@H]2OC(=NC(C)C)N3C)[C@](C)(OC)C[C@@H](C)C(=O)[C@H](C)[C@@H](O)[C@]1(C)O. The number of Topliss-reactive ketones (excluding diaryl/α,β-unsaturated/α-hetero) is 1. The Kier molecular flexibility index (Phi) is 15.1. The van der Waals surface area contributed by atoms with Gasteiger partial charge in [0.2, 0.25) is 0 Å². The van der Waals surface area contributed by atoms with Gasteiger partial charge >= 0.3 is 5.97 Å². The summed E-state index contributed by atoms with van der Waals surface area (Å²) >= 11 is 0. The van der Waals surface area contributed by atoms with Crippen LogP contribution in [0.25, 0.3) is 0 Å². The zero-order valence-electron chi connectivity index (χ0n) is 36.4. The third-order valence-corrected chi connectivity index (χ3v) is 13.0. The summed E-state index contributed by atoms with van der Waals surface area (Å²) in [6.07, 6.45) is -7.74. The minimum absolute atomic E-state index is 0.0115. The van der Waals surface area contributed by atoms with E-state index in [0.29, 0.717) is 12.4 Å². The van der Waals surface area contributed by atoms with Crippen molar-refractivity contribution in [3.8, 4) is 0 Å². The number of aliphatic hydroxyl groups excluding tert-OH is 2. The molecule has 0 aromatic rings. The van der Waals surface area contributed by atoms with E-state index < -0.39 is 102 Å². The van der Waals surface area contributed by atoms with Gasteiger partial charge in [-0.25, -0.2) is 4.99 Å². The normalized spacial score (nSPS) is 48.0. The number of hydrogen-bond donors (Lipinski definition) is 3. The van der Waals surface area contributed by atoms with E-state index in [1.807, 2.05) is 46.6 Å². The number of aliphatic hydroxyl groups is 3. The predicted molar refractivity (Wildman–Crippen MR) is 207 cm³/mol. The number of ether oxygens (including phenoxy) is 8. The highest BCUT2D eigenvalue weighted by molar-refractivity contribution is 5.83. The van der Waals surface area contributed by atoms with Crippen molar-refractivity contribution in [1.82, 2.24) is 4.90 Å². The van der Waals surface area contributed by atoms with Crippen LogP contribution in [0.1, 0.15) is 109 Å². The van der Waals surface area contributed by atoms with Gasteiger partial charge in [-0.1, -0.05) is 27.7 Å². The minimum atomic E-state index is -1.96. The molecule has 4 aliphatic heterocycles. The average Bonchev–Trinajstić information content (AvgIpc) is 3.44. The van der Waals surface area contributed by atoms with Crippen molar-refractivity contribution in [2.75, 3.05) is 21.3 Å². The predicted octanol–water partition coefficient (Wildman–Crippen LogP) is 3.61. The molecule has 0 aromatic carbocycles. The van der Waals surface area contributed by atoms with Gasteiger partial charge in [-0.3, -0.25) is 9.59 Å². The molecule has 324 valence electrons. The average molecular weight is 801 g/mol. The summed E-state index contributed by atoms with van der Waals surface area (Å²) in [4.78, 5) is 35.2. The minimum Gasteiger partial charge on any atom is -0.459 e. The number of hydrogen-bond acceptors (Lipinski definition) is 14. The van der Waals surface area contributed by atoms with Crippen LogP contribution in [-0.2, 0) is 47.5 Å². The molecule has 0 bridgehead atoms. The number of amidine groups is 1. The summed E-state index contributed by atoms with van der Waals surface area (Å²) in [5.41, 5.74) is -4.21. The van der Waals surface area contributed by atoms with E-state index in [2.05, 4.69) is 0 Å². The fraction of sp³-hybridized carbons (Fsp3) is 0.927. The first-order chi connectivity index (χ1) is 26.0. The summed E-state index contributed by atoms with van der Waals surface area (Å²) in [6, 6.07) is 0.372. The van der Waals surface area contributed by atoms with E-state index in [-0.39, 0.29) is 43.2 Å². The first kappa shape index (κ1) is 46.7. The highest BCUT2D eigenvalue weighted by Crippen LogP contribution is 2.43. The summed E-state index contributed by atoms with van der Waals surface area (Å²) in [5.74, 6) is -4.35. The number of carbonyl (C=O) groups is 2. The van der Waals surface area contributed by atoms with Gasteiger partial charge in [0, 0.05) is 51.5 Å². The molecule has 0 radical (unpaired) electrons. The Morgan fingerprint density at radius 2 is 1.52 bits per heavy atom. The van der Waals surface area contributed by atoms with Gasteiger partial charge in [0.15, 0.2) is 18.7 Å². The molecule has 3 N–H and O–H groups in total. The van der Waals surface area contributed by atoms with E-state index in [9.17, 15) is 24.9 Å². The highest BCUT2D eigenvalue weighted by Gasteiger charge is 2.56. The molecule has 56 heavy (non-hydrogen) atoms. The summed E-state index contributed by atoms with van der Waals surface area (Å²) in [7, 11) is 5.01. The largest absolute Gasteiger partial charge is 0.459 e. The lowest BCUT2D eigenvalue weighted by Gasteiger charge is -2.49. The van der Waals surface area contributed by atoms with Gasteiger partial charge in [0.25, 0.3) is 6.02 Å². The Morgan fingerprint density at radius 1 is 0.893 bits per heavy atom. The van der Waals surface area contributed by atoms with Crippen LogP contribution in [0.2, 0.25) is 0 Å².